The molecule has 4 heteroatoms. The predicted molar refractivity (Wildman–Crippen MR) is 97.3 cm³/mol. The van der Waals surface area contributed by atoms with Crippen LogP contribution < -0.4 is 5.73 Å². The number of aromatic nitrogens is 1. The van der Waals surface area contributed by atoms with Gasteiger partial charge in [-0.1, -0.05) is 25.4 Å². The Hall–Kier alpha value is -0.520. The lowest BCUT2D eigenvalue weighted by Gasteiger charge is -2.34. The summed E-state index contributed by atoms with van der Waals surface area (Å²) in [5, 5.41) is 0.777. The highest BCUT2D eigenvalue weighted by atomic mass is 127. The van der Waals surface area contributed by atoms with E-state index in [0.29, 0.717) is 0 Å². The fourth-order valence-electron chi connectivity index (χ4n) is 3.45. The third-order valence-electron chi connectivity index (χ3n) is 4.29. The summed E-state index contributed by atoms with van der Waals surface area (Å²) in [6, 6.07) is 8.45. The van der Waals surface area contributed by atoms with Gasteiger partial charge in [0.1, 0.15) is 0 Å². The van der Waals surface area contributed by atoms with Gasteiger partial charge in [-0.05, 0) is 77.6 Å². The zero-order valence-electron chi connectivity index (χ0n) is 12.6. The summed E-state index contributed by atoms with van der Waals surface area (Å²) in [5.41, 5.74) is 11.8. The average Bonchev–Trinajstić information content (AvgIpc) is 2.65. The number of fused-ring (bicyclic) bond motifs is 1. The molecule has 1 unspecified atom stereocenters. The van der Waals surface area contributed by atoms with Crippen molar-refractivity contribution in [3.63, 3.8) is 0 Å². The molecule has 0 aliphatic heterocycles. The van der Waals surface area contributed by atoms with Gasteiger partial charge >= 0.3 is 0 Å². The molecule has 0 saturated heterocycles. The second-order valence-electron chi connectivity index (χ2n) is 6.77. The van der Waals surface area contributed by atoms with Gasteiger partial charge in [-0.2, -0.15) is 0 Å². The summed E-state index contributed by atoms with van der Waals surface area (Å²) in [5.74, 6) is 0. The van der Waals surface area contributed by atoms with Crippen LogP contribution in [-0.2, 0) is 6.42 Å². The maximum Gasteiger partial charge on any atom is 0.0589 e. The molecule has 1 heterocycles. The van der Waals surface area contributed by atoms with E-state index in [9.17, 15) is 0 Å². The number of hydrogen-bond donors (Lipinski definition) is 1. The fraction of sp³-hybridized carbons (Fsp3) is 0.412. The molecule has 21 heavy (non-hydrogen) atoms. The lowest BCUT2D eigenvalue weighted by Crippen LogP contribution is -2.30. The minimum absolute atomic E-state index is 0.133. The number of nitrogens with two attached hydrogens (primary N) is 1. The zero-order valence-corrected chi connectivity index (χ0v) is 15.5. The molecule has 1 atom stereocenters. The van der Waals surface area contributed by atoms with Crippen molar-refractivity contribution in [1.82, 2.24) is 4.57 Å². The molecule has 1 aliphatic carbocycles. The van der Waals surface area contributed by atoms with Crippen molar-refractivity contribution >= 4 is 34.2 Å². The minimum atomic E-state index is 0.133. The van der Waals surface area contributed by atoms with Crippen LogP contribution >= 0.6 is 34.2 Å². The van der Waals surface area contributed by atoms with Gasteiger partial charge in [0.2, 0.25) is 0 Å². The summed E-state index contributed by atoms with van der Waals surface area (Å²) in [4.78, 5) is 0. The van der Waals surface area contributed by atoms with Crippen LogP contribution in [0, 0.1) is 15.9 Å². The zero-order chi connectivity index (χ0) is 15.4. The van der Waals surface area contributed by atoms with Crippen LogP contribution in [0.25, 0.3) is 5.69 Å². The van der Waals surface area contributed by atoms with Crippen LogP contribution in [0.15, 0.2) is 24.3 Å². The molecular weight excluding hydrogens is 395 g/mol. The van der Waals surface area contributed by atoms with E-state index in [2.05, 4.69) is 60.1 Å². The molecule has 0 spiro atoms. The Labute approximate surface area is 144 Å². The number of hydrogen-bond acceptors (Lipinski definition) is 1. The highest BCUT2D eigenvalue weighted by molar-refractivity contribution is 14.1. The number of nitrogens with zero attached hydrogens (tertiary/aromatic N) is 1. The van der Waals surface area contributed by atoms with E-state index in [1.807, 2.05) is 12.1 Å². The molecule has 0 amide bonds. The molecule has 1 aliphatic rings. The third kappa shape index (κ3) is 2.76. The first-order valence-corrected chi connectivity index (χ1v) is 8.66. The predicted octanol–water partition coefficient (Wildman–Crippen LogP) is 5.02. The van der Waals surface area contributed by atoms with Crippen molar-refractivity contribution in [3.05, 3.63) is 49.8 Å². The molecule has 0 saturated carbocycles. The Morgan fingerprint density at radius 3 is 2.71 bits per heavy atom. The molecule has 2 nitrogen and oxygen atoms in total. The summed E-state index contributed by atoms with van der Waals surface area (Å²) in [6.07, 6.45) is 2.10. The minimum Gasteiger partial charge on any atom is -0.324 e. The number of rotatable bonds is 1. The second-order valence-corrected chi connectivity index (χ2v) is 8.37. The summed E-state index contributed by atoms with van der Waals surface area (Å²) in [6.45, 7) is 6.76. The first-order valence-electron chi connectivity index (χ1n) is 7.21. The first-order chi connectivity index (χ1) is 9.78. The Kier molecular flexibility index (Phi) is 3.87. The van der Waals surface area contributed by atoms with Crippen molar-refractivity contribution in [3.8, 4) is 5.69 Å². The summed E-state index contributed by atoms with van der Waals surface area (Å²) < 4.78 is 3.52. The maximum absolute atomic E-state index is 6.41. The third-order valence-corrected chi connectivity index (χ3v) is 5.39. The van der Waals surface area contributed by atoms with E-state index >= 15 is 0 Å². The lowest BCUT2D eigenvalue weighted by molar-refractivity contribution is 0.278. The topological polar surface area (TPSA) is 30.9 Å². The second kappa shape index (κ2) is 5.28. The van der Waals surface area contributed by atoms with Crippen molar-refractivity contribution in [2.45, 2.75) is 39.7 Å². The molecule has 1 aromatic heterocycles. The Morgan fingerprint density at radius 2 is 2.05 bits per heavy atom. The van der Waals surface area contributed by atoms with Gasteiger partial charge in [-0.15, -0.1) is 0 Å². The Bertz CT molecular complexity index is 703. The number of aryl methyl sites for hydroxylation is 1. The standard InChI is InChI=1S/C17H20ClIN2/c1-10-6-12-14(20)8-17(2,3)9-16(12)21(10)15-5-4-11(18)7-13(15)19/h4-7,14H,8-9,20H2,1-3H3. The Morgan fingerprint density at radius 1 is 1.33 bits per heavy atom. The fourth-order valence-corrected chi connectivity index (χ4v) is 4.56. The van der Waals surface area contributed by atoms with Crippen LogP contribution in [0.1, 0.15) is 43.3 Å². The highest BCUT2D eigenvalue weighted by Gasteiger charge is 2.33. The van der Waals surface area contributed by atoms with Gasteiger partial charge < -0.3 is 10.3 Å². The van der Waals surface area contributed by atoms with Gasteiger partial charge in [0.05, 0.1) is 5.69 Å². The molecule has 1 aromatic carbocycles. The van der Waals surface area contributed by atoms with E-state index in [-0.39, 0.29) is 11.5 Å². The molecule has 2 N–H and O–H groups in total. The van der Waals surface area contributed by atoms with Gasteiger partial charge in [0, 0.05) is 26.0 Å². The largest absolute Gasteiger partial charge is 0.324 e. The molecule has 0 bridgehead atoms. The molecule has 2 aromatic rings. The number of benzene rings is 1. The molecular formula is C17H20ClIN2. The van der Waals surface area contributed by atoms with Crippen LogP contribution in [0.4, 0.5) is 0 Å². The molecule has 3 rings (SSSR count). The van der Waals surface area contributed by atoms with Gasteiger partial charge in [0.25, 0.3) is 0 Å². The van der Waals surface area contributed by atoms with Crippen molar-refractivity contribution < 1.29 is 0 Å². The van der Waals surface area contributed by atoms with Crippen LogP contribution in [-0.4, -0.2) is 4.57 Å². The lowest BCUT2D eigenvalue weighted by atomic mass is 9.74. The average molecular weight is 415 g/mol. The van der Waals surface area contributed by atoms with Crippen molar-refractivity contribution in [2.75, 3.05) is 0 Å². The number of halogens is 2. The monoisotopic (exact) mass is 414 g/mol. The summed E-state index contributed by atoms with van der Waals surface area (Å²) >= 11 is 8.45. The van der Waals surface area contributed by atoms with Crippen LogP contribution in [0.2, 0.25) is 5.02 Å². The van der Waals surface area contributed by atoms with E-state index < -0.39 is 0 Å². The van der Waals surface area contributed by atoms with Gasteiger partial charge in [0.15, 0.2) is 0 Å². The van der Waals surface area contributed by atoms with Crippen LogP contribution in [0.5, 0.6) is 0 Å². The highest BCUT2D eigenvalue weighted by Crippen LogP contribution is 2.42. The summed E-state index contributed by atoms with van der Waals surface area (Å²) in [7, 11) is 0. The normalized spacial score (nSPS) is 20.4. The van der Waals surface area contributed by atoms with E-state index in [1.54, 1.807) is 0 Å². The van der Waals surface area contributed by atoms with Crippen molar-refractivity contribution in [1.29, 1.82) is 0 Å². The van der Waals surface area contributed by atoms with E-state index in [4.69, 9.17) is 17.3 Å². The van der Waals surface area contributed by atoms with Crippen LogP contribution in [0.3, 0.4) is 0 Å². The van der Waals surface area contributed by atoms with Gasteiger partial charge in [-0.3, -0.25) is 0 Å². The molecule has 112 valence electrons. The SMILES string of the molecule is Cc1cc2c(n1-c1ccc(Cl)cc1I)CC(C)(C)CC2N. The van der Waals surface area contributed by atoms with E-state index in [0.717, 1.165) is 17.9 Å². The first kappa shape index (κ1) is 15.4. The molecule has 0 fully saturated rings. The van der Waals surface area contributed by atoms with E-state index in [1.165, 1.54) is 26.2 Å². The van der Waals surface area contributed by atoms with Gasteiger partial charge in [-0.25, -0.2) is 0 Å². The maximum atomic E-state index is 6.41. The van der Waals surface area contributed by atoms with Crippen molar-refractivity contribution in [2.24, 2.45) is 11.1 Å². The smallest absolute Gasteiger partial charge is 0.0589 e. The quantitative estimate of drug-likeness (QED) is 0.653. The Balaban J connectivity index is 2.21. The molecule has 0 radical (unpaired) electrons.